The first-order valence-electron chi connectivity index (χ1n) is 5.11. The molecule has 3 heteroatoms. The summed E-state index contributed by atoms with van der Waals surface area (Å²) in [6, 6.07) is 8.61. The highest BCUT2D eigenvalue weighted by Crippen LogP contribution is 2.22. The maximum Gasteiger partial charge on any atom is 0.124 e. The standard InChI is InChI=1S/C11H13N3/c1-2-5-9-8(4-1)13-11(14-9)10-6-3-7-12-10/h1-2,4-5,10,12H,3,6-7H2,(H,13,14)/t10-/m1/s1. The van der Waals surface area contributed by atoms with Gasteiger partial charge in [0, 0.05) is 0 Å². The Morgan fingerprint density at radius 3 is 3.00 bits per heavy atom. The number of nitrogens with zero attached hydrogens (tertiary/aromatic N) is 1. The largest absolute Gasteiger partial charge is 0.341 e. The summed E-state index contributed by atoms with van der Waals surface area (Å²) in [7, 11) is 0. The molecule has 2 N–H and O–H groups in total. The number of aromatic amines is 1. The van der Waals surface area contributed by atoms with Gasteiger partial charge in [0.25, 0.3) is 0 Å². The molecule has 0 aliphatic carbocycles. The monoisotopic (exact) mass is 187 g/mol. The fourth-order valence-electron chi connectivity index (χ4n) is 2.06. The third kappa shape index (κ3) is 1.21. The molecule has 0 spiro atoms. The van der Waals surface area contributed by atoms with Gasteiger partial charge in [-0.1, -0.05) is 12.1 Å². The third-order valence-electron chi connectivity index (χ3n) is 2.80. The molecule has 1 saturated heterocycles. The number of aromatic nitrogens is 2. The van der Waals surface area contributed by atoms with Crippen LogP contribution in [0.5, 0.6) is 0 Å². The lowest BCUT2D eigenvalue weighted by Crippen LogP contribution is -2.13. The summed E-state index contributed by atoms with van der Waals surface area (Å²) in [5.74, 6) is 1.09. The number of hydrogen-bond acceptors (Lipinski definition) is 2. The van der Waals surface area contributed by atoms with Gasteiger partial charge in [0.2, 0.25) is 0 Å². The predicted octanol–water partition coefficient (Wildman–Crippen LogP) is 1.99. The van der Waals surface area contributed by atoms with Crippen molar-refractivity contribution in [2.75, 3.05) is 6.54 Å². The number of rotatable bonds is 1. The first-order valence-corrected chi connectivity index (χ1v) is 5.11. The van der Waals surface area contributed by atoms with Crippen molar-refractivity contribution in [3.8, 4) is 0 Å². The van der Waals surface area contributed by atoms with Crippen molar-refractivity contribution in [1.82, 2.24) is 15.3 Å². The van der Waals surface area contributed by atoms with Crippen LogP contribution in [0.3, 0.4) is 0 Å². The number of benzene rings is 1. The normalized spacial score (nSPS) is 21.9. The van der Waals surface area contributed by atoms with E-state index in [2.05, 4.69) is 21.4 Å². The van der Waals surface area contributed by atoms with E-state index in [1.807, 2.05) is 18.2 Å². The summed E-state index contributed by atoms with van der Waals surface area (Å²) in [5, 5.41) is 3.44. The van der Waals surface area contributed by atoms with Gasteiger partial charge >= 0.3 is 0 Å². The van der Waals surface area contributed by atoms with E-state index < -0.39 is 0 Å². The van der Waals surface area contributed by atoms with Gasteiger partial charge in [0.15, 0.2) is 0 Å². The van der Waals surface area contributed by atoms with Crippen molar-refractivity contribution in [1.29, 1.82) is 0 Å². The van der Waals surface area contributed by atoms with Crippen LogP contribution in [-0.4, -0.2) is 16.5 Å². The molecule has 1 aliphatic rings. The number of fused-ring (bicyclic) bond motifs is 1. The lowest BCUT2D eigenvalue weighted by molar-refractivity contribution is 0.614. The van der Waals surface area contributed by atoms with Gasteiger partial charge in [-0.15, -0.1) is 0 Å². The molecule has 0 bridgehead atoms. The van der Waals surface area contributed by atoms with E-state index in [0.29, 0.717) is 6.04 Å². The molecule has 1 atom stereocenters. The van der Waals surface area contributed by atoms with Crippen molar-refractivity contribution in [3.63, 3.8) is 0 Å². The lowest BCUT2D eigenvalue weighted by atomic mass is 10.2. The molecule has 2 heterocycles. The Bertz CT molecular complexity index is 407. The van der Waals surface area contributed by atoms with Crippen molar-refractivity contribution in [2.24, 2.45) is 0 Å². The highest BCUT2D eigenvalue weighted by molar-refractivity contribution is 5.74. The van der Waals surface area contributed by atoms with E-state index in [1.54, 1.807) is 0 Å². The van der Waals surface area contributed by atoms with Crippen molar-refractivity contribution < 1.29 is 0 Å². The molecular weight excluding hydrogens is 174 g/mol. The zero-order chi connectivity index (χ0) is 9.38. The Morgan fingerprint density at radius 2 is 2.21 bits per heavy atom. The number of hydrogen-bond donors (Lipinski definition) is 2. The molecule has 14 heavy (non-hydrogen) atoms. The minimum atomic E-state index is 0.433. The third-order valence-corrected chi connectivity index (χ3v) is 2.80. The Hall–Kier alpha value is -1.35. The summed E-state index contributed by atoms with van der Waals surface area (Å²) >= 11 is 0. The molecule has 2 aromatic rings. The molecule has 72 valence electrons. The molecule has 1 aromatic carbocycles. The highest BCUT2D eigenvalue weighted by Gasteiger charge is 2.18. The number of para-hydroxylation sites is 2. The van der Waals surface area contributed by atoms with Gasteiger partial charge in [-0.25, -0.2) is 4.98 Å². The van der Waals surface area contributed by atoms with E-state index in [0.717, 1.165) is 23.4 Å². The van der Waals surface area contributed by atoms with Crippen LogP contribution in [0.4, 0.5) is 0 Å². The van der Waals surface area contributed by atoms with Gasteiger partial charge in [0.1, 0.15) is 5.82 Å². The van der Waals surface area contributed by atoms with Crippen LogP contribution >= 0.6 is 0 Å². The lowest BCUT2D eigenvalue weighted by Gasteiger charge is -2.04. The fraction of sp³-hybridized carbons (Fsp3) is 0.364. The summed E-state index contributed by atoms with van der Waals surface area (Å²) in [4.78, 5) is 7.94. The minimum Gasteiger partial charge on any atom is -0.341 e. The van der Waals surface area contributed by atoms with Gasteiger partial charge in [0.05, 0.1) is 17.1 Å². The molecule has 3 rings (SSSR count). The molecular formula is C11H13N3. The molecule has 0 amide bonds. The molecule has 0 unspecified atom stereocenters. The first kappa shape index (κ1) is 8.00. The zero-order valence-electron chi connectivity index (χ0n) is 7.96. The van der Waals surface area contributed by atoms with Crippen LogP contribution < -0.4 is 5.32 Å². The average molecular weight is 187 g/mol. The molecule has 3 nitrogen and oxygen atoms in total. The first-order chi connectivity index (χ1) is 6.93. The number of imidazole rings is 1. The predicted molar refractivity (Wildman–Crippen MR) is 56.1 cm³/mol. The topological polar surface area (TPSA) is 40.7 Å². The molecule has 1 aromatic heterocycles. The van der Waals surface area contributed by atoms with Gasteiger partial charge in [-0.05, 0) is 31.5 Å². The molecule has 1 aliphatic heterocycles. The Kier molecular flexibility index (Phi) is 1.77. The van der Waals surface area contributed by atoms with E-state index in [9.17, 15) is 0 Å². The smallest absolute Gasteiger partial charge is 0.124 e. The molecule has 0 radical (unpaired) electrons. The maximum absolute atomic E-state index is 4.58. The Morgan fingerprint density at radius 1 is 1.29 bits per heavy atom. The second kappa shape index (κ2) is 3.10. The van der Waals surface area contributed by atoms with E-state index in [4.69, 9.17) is 0 Å². The Balaban J connectivity index is 2.05. The maximum atomic E-state index is 4.58. The highest BCUT2D eigenvalue weighted by atomic mass is 15.0. The second-order valence-corrected chi connectivity index (χ2v) is 3.79. The summed E-state index contributed by atoms with van der Waals surface area (Å²) in [5.41, 5.74) is 2.20. The summed E-state index contributed by atoms with van der Waals surface area (Å²) in [6.07, 6.45) is 2.45. The number of H-pyrrole nitrogens is 1. The van der Waals surface area contributed by atoms with Gasteiger partial charge in [-0.3, -0.25) is 0 Å². The summed E-state index contributed by atoms with van der Waals surface area (Å²) in [6.45, 7) is 1.11. The minimum absolute atomic E-state index is 0.433. The van der Waals surface area contributed by atoms with Crippen LogP contribution in [0.25, 0.3) is 11.0 Å². The van der Waals surface area contributed by atoms with Crippen molar-refractivity contribution in [3.05, 3.63) is 30.1 Å². The van der Waals surface area contributed by atoms with E-state index >= 15 is 0 Å². The van der Waals surface area contributed by atoms with Gasteiger partial charge in [-0.2, -0.15) is 0 Å². The molecule has 1 fully saturated rings. The second-order valence-electron chi connectivity index (χ2n) is 3.79. The Labute approximate surface area is 82.5 Å². The quantitative estimate of drug-likeness (QED) is 0.716. The van der Waals surface area contributed by atoms with E-state index in [-0.39, 0.29) is 0 Å². The van der Waals surface area contributed by atoms with Crippen molar-refractivity contribution >= 4 is 11.0 Å². The molecule has 0 saturated carbocycles. The van der Waals surface area contributed by atoms with Crippen LogP contribution in [0, 0.1) is 0 Å². The fourth-order valence-corrected chi connectivity index (χ4v) is 2.06. The average Bonchev–Trinajstić information content (AvgIpc) is 2.86. The van der Waals surface area contributed by atoms with Crippen LogP contribution in [0.2, 0.25) is 0 Å². The summed E-state index contributed by atoms with van der Waals surface area (Å²) < 4.78 is 0. The zero-order valence-corrected chi connectivity index (χ0v) is 7.96. The van der Waals surface area contributed by atoms with E-state index in [1.165, 1.54) is 12.8 Å². The number of nitrogens with one attached hydrogen (secondary N) is 2. The van der Waals surface area contributed by atoms with Crippen LogP contribution in [0.15, 0.2) is 24.3 Å². The van der Waals surface area contributed by atoms with Crippen LogP contribution in [-0.2, 0) is 0 Å². The van der Waals surface area contributed by atoms with Crippen molar-refractivity contribution in [2.45, 2.75) is 18.9 Å². The SMILES string of the molecule is c1ccc2[nH]c([C@H]3CCCN3)nc2c1. The van der Waals surface area contributed by atoms with Crippen LogP contribution in [0.1, 0.15) is 24.7 Å². The van der Waals surface area contributed by atoms with Gasteiger partial charge < -0.3 is 10.3 Å².